The maximum Gasteiger partial charge on any atom is 0.263 e. The highest BCUT2D eigenvalue weighted by molar-refractivity contribution is 5.86. The Kier molecular flexibility index (Phi) is 3.36. The number of benzene rings is 1. The number of furan rings is 1. The molecule has 22 heavy (non-hydrogen) atoms. The Bertz CT molecular complexity index is 834. The summed E-state index contributed by atoms with van der Waals surface area (Å²) in [6.45, 7) is 0. The summed E-state index contributed by atoms with van der Waals surface area (Å²) in [6, 6.07) is 9.59. The molecule has 0 radical (unpaired) electrons. The van der Waals surface area contributed by atoms with E-state index in [0.717, 1.165) is 10.4 Å². The lowest BCUT2D eigenvalue weighted by molar-refractivity contribution is -0.255. The molecule has 0 spiro atoms. The molecule has 9 nitrogen and oxygen atoms in total. The lowest BCUT2D eigenvalue weighted by Crippen LogP contribution is -2.21. The molecule has 0 atom stereocenters. The van der Waals surface area contributed by atoms with Crippen LogP contribution in [0.3, 0.4) is 0 Å². The first-order chi connectivity index (χ1) is 10.6. The van der Waals surface area contributed by atoms with Crippen molar-refractivity contribution < 1.29 is 14.3 Å². The van der Waals surface area contributed by atoms with Crippen LogP contribution in [0.25, 0.3) is 11.3 Å². The van der Waals surface area contributed by atoms with Gasteiger partial charge < -0.3 is 20.1 Å². The molecule has 0 bridgehead atoms. The van der Waals surface area contributed by atoms with Gasteiger partial charge in [-0.05, 0) is 28.1 Å². The predicted octanol–water partition coefficient (Wildman–Crippen LogP) is -0.239. The molecule has 2 N–H and O–H groups in total. The monoisotopic (exact) mass is 297 g/mol. The number of carboxylic acids is 1. The van der Waals surface area contributed by atoms with E-state index >= 15 is 0 Å². The molecule has 0 fully saturated rings. The fourth-order valence-corrected chi connectivity index (χ4v) is 1.73. The van der Waals surface area contributed by atoms with Gasteiger partial charge in [-0.15, -0.1) is 0 Å². The van der Waals surface area contributed by atoms with Crippen molar-refractivity contribution in [3.8, 4) is 11.3 Å². The zero-order valence-corrected chi connectivity index (χ0v) is 11.1. The second-order valence-electron chi connectivity index (χ2n) is 4.24. The fraction of sp³-hybridized carbons (Fsp3) is 0. The molecule has 0 saturated carbocycles. The van der Waals surface area contributed by atoms with E-state index in [9.17, 15) is 9.90 Å². The number of aromatic nitrogens is 4. The Morgan fingerprint density at radius 3 is 2.68 bits per heavy atom. The summed E-state index contributed by atoms with van der Waals surface area (Å²) in [7, 11) is 0. The van der Waals surface area contributed by atoms with E-state index in [2.05, 4.69) is 20.6 Å². The summed E-state index contributed by atoms with van der Waals surface area (Å²) in [4.78, 5) is 11.7. The van der Waals surface area contributed by atoms with Gasteiger partial charge in [-0.2, -0.15) is 5.10 Å². The van der Waals surface area contributed by atoms with Crippen LogP contribution in [-0.4, -0.2) is 32.5 Å². The summed E-state index contributed by atoms with van der Waals surface area (Å²) in [5, 5.41) is 25.0. The Morgan fingerprint density at radius 1 is 1.27 bits per heavy atom. The summed E-state index contributed by atoms with van der Waals surface area (Å²) >= 11 is 0. The number of carboxylic acid groups (broad SMARTS) is 1. The molecule has 2 aromatic heterocycles. The maximum atomic E-state index is 10.7. The summed E-state index contributed by atoms with van der Waals surface area (Å²) in [6.07, 6.45) is 1.41. The predicted molar refractivity (Wildman–Crippen MR) is 73.7 cm³/mol. The van der Waals surface area contributed by atoms with Crippen LogP contribution in [0.5, 0.6) is 0 Å². The molecule has 0 aliphatic rings. The number of rotatable bonds is 4. The zero-order chi connectivity index (χ0) is 15.5. The van der Waals surface area contributed by atoms with Gasteiger partial charge in [0.1, 0.15) is 11.5 Å². The third-order valence-electron chi connectivity index (χ3n) is 2.80. The molecule has 9 heteroatoms. The van der Waals surface area contributed by atoms with Crippen LogP contribution in [0.1, 0.15) is 16.1 Å². The molecule has 0 aliphatic heterocycles. The lowest BCUT2D eigenvalue weighted by atomic mass is 10.1. The number of nitrogens with two attached hydrogens (primary N) is 1. The number of aromatic carboxylic acids is 1. The minimum Gasteiger partial charge on any atom is -0.545 e. The summed E-state index contributed by atoms with van der Waals surface area (Å²) in [5.41, 5.74) is 6.30. The number of hydrogen-bond donors (Lipinski definition) is 1. The number of carbonyl (C=O) groups excluding carboxylic acids is 1. The van der Waals surface area contributed by atoms with Crippen molar-refractivity contribution in [1.29, 1.82) is 0 Å². The van der Waals surface area contributed by atoms with Crippen LogP contribution < -0.4 is 10.8 Å². The van der Waals surface area contributed by atoms with E-state index in [-0.39, 0.29) is 11.5 Å². The van der Waals surface area contributed by atoms with Crippen molar-refractivity contribution in [2.24, 2.45) is 5.10 Å². The minimum absolute atomic E-state index is 0.0564. The van der Waals surface area contributed by atoms with Gasteiger partial charge in [0.2, 0.25) is 0 Å². The fourth-order valence-electron chi connectivity index (χ4n) is 1.73. The SMILES string of the molecule is Nc1nnnn1/N=C\c1ccc(-c2ccc(C(=O)[O-])cc2)o1. The van der Waals surface area contributed by atoms with Gasteiger partial charge in [0.25, 0.3) is 5.95 Å². The molecule has 3 rings (SSSR count). The number of tetrazole rings is 1. The van der Waals surface area contributed by atoms with Crippen molar-refractivity contribution in [2.75, 3.05) is 5.73 Å². The van der Waals surface area contributed by atoms with E-state index in [1.54, 1.807) is 24.3 Å². The van der Waals surface area contributed by atoms with E-state index in [1.807, 2.05) is 0 Å². The Morgan fingerprint density at radius 2 is 2.05 bits per heavy atom. The van der Waals surface area contributed by atoms with Crippen LogP contribution in [0.4, 0.5) is 5.95 Å². The van der Waals surface area contributed by atoms with Crippen LogP contribution in [0, 0.1) is 0 Å². The Balaban J connectivity index is 1.80. The highest BCUT2D eigenvalue weighted by Crippen LogP contribution is 2.21. The van der Waals surface area contributed by atoms with E-state index in [1.165, 1.54) is 18.3 Å². The largest absolute Gasteiger partial charge is 0.545 e. The van der Waals surface area contributed by atoms with Crippen molar-refractivity contribution in [1.82, 2.24) is 20.3 Å². The molecule has 0 unspecified atom stereocenters. The Labute approximate surface area is 123 Å². The first kappa shape index (κ1) is 13.5. The first-order valence-electron chi connectivity index (χ1n) is 6.13. The number of anilines is 1. The summed E-state index contributed by atoms with van der Waals surface area (Å²) in [5.74, 6) is -0.136. The van der Waals surface area contributed by atoms with E-state index < -0.39 is 5.97 Å². The number of nitrogens with zero attached hydrogens (tertiary/aromatic N) is 5. The number of nitrogen functional groups attached to an aromatic ring is 1. The molecule has 110 valence electrons. The quantitative estimate of drug-likeness (QED) is 0.656. The smallest absolute Gasteiger partial charge is 0.263 e. The third kappa shape index (κ3) is 2.68. The van der Waals surface area contributed by atoms with E-state index in [0.29, 0.717) is 11.5 Å². The standard InChI is InChI=1S/C13H10N6O3/c14-13-16-17-18-19(13)15-7-10-5-6-11(22-10)8-1-3-9(4-2-8)12(20)21/h1-7H,(H,20,21)(H2,14,16,18)/p-1/b15-7-. The summed E-state index contributed by atoms with van der Waals surface area (Å²) < 4.78 is 5.57. The Hall–Kier alpha value is -3.49. The van der Waals surface area contributed by atoms with Gasteiger partial charge in [-0.3, -0.25) is 0 Å². The topological polar surface area (TPSA) is 135 Å². The highest BCUT2D eigenvalue weighted by atomic mass is 16.4. The molecule has 2 heterocycles. The average molecular weight is 297 g/mol. The number of carbonyl (C=O) groups is 1. The zero-order valence-electron chi connectivity index (χ0n) is 11.1. The molecule has 0 aliphatic carbocycles. The van der Waals surface area contributed by atoms with Gasteiger partial charge in [0.15, 0.2) is 0 Å². The molecular weight excluding hydrogens is 288 g/mol. The molecular formula is C13H9N6O3-. The van der Waals surface area contributed by atoms with Crippen molar-refractivity contribution in [3.63, 3.8) is 0 Å². The average Bonchev–Trinajstić information content (AvgIpc) is 3.14. The van der Waals surface area contributed by atoms with Gasteiger partial charge in [-0.1, -0.05) is 34.2 Å². The third-order valence-corrected chi connectivity index (χ3v) is 2.80. The van der Waals surface area contributed by atoms with Crippen molar-refractivity contribution in [3.05, 3.63) is 47.7 Å². The van der Waals surface area contributed by atoms with Crippen LogP contribution in [-0.2, 0) is 0 Å². The van der Waals surface area contributed by atoms with Crippen LogP contribution in [0.2, 0.25) is 0 Å². The van der Waals surface area contributed by atoms with Gasteiger partial charge in [-0.25, -0.2) is 0 Å². The second kappa shape index (κ2) is 5.48. The van der Waals surface area contributed by atoms with Crippen molar-refractivity contribution in [2.45, 2.75) is 0 Å². The molecule has 0 amide bonds. The van der Waals surface area contributed by atoms with Gasteiger partial charge >= 0.3 is 0 Å². The molecule has 1 aromatic carbocycles. The minimum atomic E-state index is -1.22. The normalized spacial score (nSPS) is 11.1. The lowest BCUT2D eigenvalue weighted by Gasteiger charge is -2.02. The van der Waals surface area contributed by atoms with Crippen LogP contribution in [0.15, 0.2) is 45.9 Å². The highest BCUT2D eigenvalue weighted by Gasteiger charge is 2.04. The maximum absolute atomic E-state index is 10.7. The second-order valence-corrected chi connectivity index (χ2v) is 4.24. The van der Waals surface area contributed by atoms with Gasteiger partial charge in [0, 0.05) is 5.56 Å². The van der Waals surface area contributed by atoms with Crippen molar-refractivity contribution >= 4 is 18.1 Å². The van der Waals surface area contributed by atoms with Gasteiger partial charge in [0.05, 0.1) is 12.2 Å². The molecule has 3 aromatic rings. The molecule has 0 saturated heterocycles. The first-order valence-corrected chi connectivity index (χ1v) is 6.13. The number of hydrogen-bond acceptors (Lipinski definition) is 8. The van der Waals surface area contributed by atoms with E-state index in [4.69, 9.17) is 10.2 Å². The van der Waals surface area contributed by atoms with Crippen LogP contribution >= 0.6 is 0 Å².